The number of hydrogen-bond donors (Lipinski definition) is 3. The van der Waals surface area contributed by atoms with E-state index in [1.807, 2.05) is 34.6 Å². The Bertz CT molecular complexity index is 2530. The highest BCUT2D eigenvalue weighted by atomic mass is 32.2. The van der Waals surface area contributed by atoms with Gasteiger partial charge in [-0.3, -0.25) is 33.5 Å². The fourth-order valence-corrected chi connectivity index (χ4v) is 20.1. The highest BCUT2D eigenvalue weighted by Gasteiger charge is 2.86. The number of fused-ring (bicyclic) bond motifs is 2. The Morgan fingerprint density at radius 1 is 0.648 bits per heavy atom. The first-order valence-corrected chi connectivity index (χ1v) is 30.1. The molecule has 10 rings (SSSR count). The Kier molecular flexibility index (Phi) is 12.2. The molecular weight excluding hydrogens is 941 g/mol. The van der Waals surface area contributed by atoms with Gasteiger partial charge in [0.2, 0.25) is 31.9 Å². The molecule has 3 amide bonds. The molecule has 10 aliphatic rings. The van der Waals surface area contributed by atoms with E-state index in [1.54, 1.807) is 17.1 Å². The van der Waals surface area contributed by atoms with Crippen molar-refractivity contribution in [2.45, 2.75) is 218 Å². The van der Waals surface area contributed by atoms with E-state index in [0.29, 0.717) is 69.7 Å². The number of nitrogens with zero attached hydrogens (tertiary/aromatic N) is 1. The number of ketones is 2. The Balaban J connectivity index is 0.000000179. The van der Waals surface area contributed by atoms with Crippen LogP contribution >= 0.6 is 0 Å². The van der Waals surface area contributed by atoms with Gasteiger partial charge in [-0.25, -0.2) is 21.6 Å². The van der Waals surface area contributed by atoms with E-state index in [2.05, 4.69) is 55.6 Å². The SMILES string of the molecule is C=C[C@@H]1C[C@]1(CC(=O)[C@@H]1C[C@@]2(CN1)C(C)(C)C21CCC1)C(=O)NS(=O)(=O)C1(CCC)CC1.C=C[C@@H]1C[C@]1(CC(=O)[C@@H]1C[C@@]2(CN1C(=O)OC(C)(C)C)C(C)(C)C21CCC1)C(=O)NS(=O)(=O)C1(CCC)CC1. The summed E-state index contributed by atoms with van der Waals surface area (Å²) < 4.78 is 61.1. The highest BCUT2D eigenvalue weighted by Crippen LogP contribution is 2.89. The van der Waals surface area contributed by atoms with Crippen LogP contribution in [0.15, 0.2) is 25.3 Å². The molecule has 10 fully saturated rings. The molecule has 0 aromatic carbocycles. The van der Waals surface area contributed by atoms with Crippen molar-refractivity contribution in [3.63, 3.8) is 0 Å². The summed E-state index contributed by atoms with van der Waals surface area (Å²) in [5, 5.41) is 3.48. The lowest BCUT2D eigenvalue weighted by Crippen LogP contribution is -2.47. The summed E-state index contributed by atoms with van der Waals surface area (Å²) in [7, 11) is -7.58. The van der Waals surface area contributed by atoms with Gasteiger partial charge in [-0.1, -0.05) is 79.4 Å². The predicted molar refractivity (Wildman–Crippen MR) is 271 cm³/mol. The molecule has 0 bridgehead atoms. The van der Waals surface area contributed by atoms with Crippen LogP contribution in [-0.4, -0.2) is 91.5 Å². The molecule has 8 saturated carbocycles. The van der Waals surface area contributed by atoms with Gasteiger partial charge in [0, 0.05) is 31.3 Å². The summed E-state index contributed by atoms with van der Waals surface area (Å²) in [4.78, 5) is 69.2. The first-order chi connectivity index (χ1) is 32.9. The minimum atomic E-state index is -3.85. The largest absolute Gasteiger partial charge is 0.444 e. The average molecular weight is 1030 g/mol. The second-order valence-corrected chi connectivity index (χ2v) is 30.8. The molecule has 0 aromatic heterocycles. The molecular formula is C55H84N4O10S2. The van der Waals surface area contributed by atoms with E-state index < -0.39 is 69.9 Å². The molecule has 3 N–H and O–H groups in total. The number of sulfonamides is 2. The standard InChI is InChI=1S/C30H46N2O6S.C25H38N2O4S/c1-8-11-27(14-15-27)39(36,37)31-23(34)28(16-20(28)9-2)18-22(33)21-17-30(26(6,7)29(30)12-10-13-29)19-32(21)24(35)38-25(3,4)5;1-5-8-22(11-12-22)32(30,31)27-20(29)23(13-17(23)6-2)15-19(28)18-14-25(16-26-18)21(3,4)24(25)9-7-10-24/h9,20-21H,2,8,10-19H2,1,3-7H3,(H,31,34);6,17-18,26H,2,5,7-16H2,1,3-4H3,(H,27,29)/t20-,21+,28-,30-;17-,18+,23-,25-/m11/s1. The van der Waals surface area contributed by atoms with Crippen LogP contribution in [0.2, 0.25) is 0 Å². The molecule has 8 atom stereocenters. The number of rotatable bonds is 18. The quantitative estimate of drug-likeness (QED) is 0.111. The van der Waals surface area contributed by atoms with Crippen molar-refractivity contribution in [1.82, 2.24) is 19.7 Å². The number of carbonyl (C=O) groups excluding carboxylic acids is 5. The normalized spacial score (nSPS) is 36.8. The predicted octanol–water partition coefficient (Wildman–Crippen LogP) is 8.60. The lowest BCUT2D eigenvalue weighted by molar-refractivity contribution is -0.131. The molecule has 2 saturated heterocycles. The molecule has 396 valence electrons. The molecule has 16 heteroatoms. The maximum Gasteiger partial charge on any atom is 0.410 e. The van der Waals surface area contributed by atoms with Crippen molar-refractivity contribution in [2.24, 2.45) is 55.2 Å². The number of nitrogens with one attached hydrogen (secondary N) is 3. The Morgan fingerprint density at radius 2 is 1.08 bits per heavy atom. The van der Waals surface area contributed by atoms with Gasteiger partial charge < -0.3 is 10.1 Å². The van der Waals surface area contributed by atoms with Gasteiger partial charge in [-0.05, 0) is 150 Å². The topological polar surface area (TPSA) is 202 Å². The number of Topliss-reactive ketones (excluding diaryl/α,β-unsaturated/α-hetero) is 2. The van der Waals surface area contributed by atoms with E-state index >= 15 is 0 Å². The molecule has 8 aliphatic carbocycles. The van der Waals surface area contributed by atoms with Gasteiger partial charge >= 0.3 is 6.09 Å². The summed E-state index contributed by atoms with van der Waals surface area (Å²) in [6, 6.07) is -0.933. The summed E-state index contributed by atoms with van der Waals surface area (Å²) in [5.41, 5.74) is -1.97. The van der Waals surface area contributed by atoms with Crippen LogP contribution in [-0.2, 0) is 44.0 Å². The van der Waals surface area contributed by atoms with Gasteiger partial charge in [0.1, 0.15) is 5.60 Å². The molecule has 0 aromatic rings. The summed E-state index contributed by atoms with van der Waals surface area (Å²) >= 11 is 0. The molecule has 4 spiro atoms. The Labute approximate surface area is 424 Å². The second-order valence-electron chi connectivity index (χ2n) is 26.7. The lowest BCUT2D eigenvalue weighted by atomic mass is 9.73. The van der Waals surface area contributed by atoms with Crippen molar-refractivity contribution in [3.05, 3.63) is 25.3 Å². The second kappa shape index (κ2) is 16.4. The van der Waals surface area contributed by atoms with Crippen LogP contribution in [0.1, 0.15) is 191 Å². The fourth-order valence-electron chi connectivity index (χ4n) is 16.5. The molecule has 14 nitrogen and oxygen atoms in total. The summed E-state index contributed by atoms with van der Waals surface area (Å²) in [6.07, 6.45) is 17.1. The highest BCUT2D eigenvalue weighted by molar-refractivity contribution is 7.92. The monoisotopic (exact) mass is 1020 g/mol. The van der Waals surface area contributed by atoms with Crippen molar-refractivity contribution in [2.75, 3.05) is 13.1 Å². The van der Waals surface area contributed by atoms with Crippen LogP contribution in [0.5, 0.6) is 0 Å². The van der Waals surface area contributed by atoms with Crippen molar-refractivity contribution < 1.29 is 45.5 Å². The number of likely N-dealkylation sites (tertiary alicyclic amines) is 1. The molecule has 0 radical (unpaired) electrons. The van der Waals surface area contributed by atoms with E-state index in [4.69, 9.17) is 4.74 Å². The zero-order valence-corrected chi connectivity index (χ0v) is 45.9. The molecule has 0 unspecified atom stereocenters. The third kappa shape index (κ3) is 7.42. The van der Waals surface area contributed by atoms with E-state index in [9.17, 15) is 40.8 Å². The lowest BCUT2D eigenvalue weighted by Gasteiger charge is -2.32. The Hall–Kier alpha value is -3.11. The maximum atomic E-state index is 14.1. The van der Waals surface area contributed by atoms with Gasteiger partial charge in [-0.15, -0.1) is 13.2 Å². The smallest absolute Gasteiger partial charge is 0.410 e. The average Bonchev–Trinajstić information content (AvgIpc) is 4.02. The fraction of sp³-hybridized carbons (Fsp3) is 0.836. The number of allylic oxidation sites excluding steroid dienone is 2. The third-order valence-corrected chi connectivity index (χ3v) is 26.6. The molecule has 2 aliphatic heterocycles. The van der Waals surface area contributed by atoms with E-state index in [1.165, 1.54) is 19.3 Å². The maximum absolute atomic E-state index is 14.1. The van der Waals surface area contributed by atoms with Crippen molar-refractivity contribution >= 4 is 49.5 Å². The molecule has 2 heterocycles. The summed E-state index contributed by atoms with van der Waals surface area (Å²) in [5.74, 6) is -1.69. The van der Waals surface area contributed by atoms with Crippen molar-refractivity contribution in [1.29, 1.82) is 0 Å². The number of carbonyl (C=O) groups is 5. The first-order valence-electron chi connectivity index (χ1n) is 27.1. The number of amides is 3. The zero-order chi connectivity index (χ0) is 52.1. The first kappa shape index (κ1) is 52.7. The van der Waals surface area contributed by atoms with Gasteiger partial charge in [-0.2, -0.15) is 0 Å². The summed E-state index contributed by atoms with van der Waals surface area (Å²) in [6.45, 7) is 27.5. The molecule has 71 heavy (non-hydrogen) atoms. The minimum Gasteiger partial charge on any atom is -0.444 e. The Morgan fingerprint density at radius 3 is 1.44 bits per heavy atom. The number of ether oxygens (including phenoxy) is 1. The zero-order valence-electron chi connectivity index (χ0n) is 44.3. The van der Waals surface area contributed by atoms with E-state index in [-0.39, 0.29) is 69.4 Å². The van der Waals surface area contributed by atoms with Crippen LogP contribution in [0.4, 0.5) is 4.79 Å². The van der Waals surface area contributed by atoms with Gasteiger partial charge in [0.25, 0.3) is 0 Å². The van der Waals surface area contributed by atoms with E-state index in [0.717, 1.165) is 45.1 Å². The van der Waals surface area contributed by atoms with Crippen LogP contribution in [0.25, 0.3) is 0 Å². The van der Waals surface area contributed by atoms with Crippen LogP contribution < -0.4 is 14.8 Å². The minimum absolute atomic E-state index is 0.0117. The van der Waals surface area contributed by atoms with Crippen molar-refractivity contribution in [3.8, 4) is 0 Å². The number of hydrogen-bond acceptors (Lipinski definition) is 11. The van der Waals surface area contributed by atoms with Crippen LogP contribution in [0.3, 0.4) is 0 Å². The van der Waals surface area contributed by atoms with Gasteiger partial charge in [0.05, 0.1) is 32.4 Å². The van der Waals surface area contributed by atoms with Gasteiger partial charge in [0.15, 0.2) is 11.6 Å². The van der Waals surface area contributed by atoms with Crippen LogP contribution in [0, 0.1) is 55.2 Å². The third-order valence-electron chi connectivity index (χ3n) is 22.2.